The topological polar surface area (TPSA) is 93.5 Å². The summed E-state index contributed by atoms with van der Waals surface area (Å²) in [4.78, 5) is 16.0. The number of ether oxygens (including phenoxy) is 1. The number of rotatable bonds is 5. The van der Waals surface area contributed by atoms with Crippen LogP contribution in [0.15, 0.2) is 35.7 Å². The Kier molecular flexibility index (Phi) is 4.86. The Hall–Kier alpha value is -2.72. The SMILES string of the molecule is CCn1cnc2c(N3CC4CN(S(=O)(=O)c5ccc(OC)c(C)c5)CC4C3)ncnc21. The van der Waals surface area contributed by atoms with E-state index >= 15 is 0 Å². The largest absolute Gasteiger partial charge is 0.496 e. The van der Waals surface area contributed by atoms with Gasteiger partial charge in [-0.3, -0.25) is 0 Å². The number of aryl methyl sites for hydroxylation is 2. The van der Waals surface area contributed by atoms with Crippen LogP contribution in [0, 0.1) is 18.8 Å². The van der Waals surface area contributed by atoms with Crippen molar-refractivity contribution in [3.05, 3.63) is 36.4 Å². The molecule has 0 amide bonds. The van der Waals surface area contributed by atoms with Crippen LogP contribution in [-0.4, -0.2) is 65.5 Å². The zero-order valence-corrected chi connectivity index (χ0v) is 18.7. The number of hydrogen-bond acceptors (Lipinski definition) is 7. The van der Waals surface area contributed by atoms with Gasteiger partial charge in [-0.05, 0) is 49.4 Å². The molecule has 0 radical (unpaired) electrons. The molecule has 0 saturated carbocycles. The van der Waals surface area contributed by atoms with Crippen LogP contribution < -0.4 is 9.64 Å². The summed E-state index contributed by atoms with van der Waals surface area (Å²) < 4.78 is 35.3. The number of aromatic nitrogens is 4. The number of nitrogens with zero attached hydrogens (tertiary/aromatic N) is 6. The Morgan fingerprint density at radius 2 is 1.84 bits per heavy atom. The van der Waals surface area contributed by atoms with E-state index in [1.807, 2.05) is 11.5 Å². The van der Waals surface area contributed by atoms with Crippen LogP contribution in [0.3, 0.4) is 0 Å². The molecule has 2 saturated heterocycles. The second-order valence-electron chi connectivity index (χ2n) is 8.28. The highest BCUT2D eigenvalue weighted by Gasteiger charge is 2.45. The van der Waals surface area contributed by atoms with E-state index in [1.165, 1.54) is 0 Å². The van der Waals surface area contributed by atoms with Gasteiger partial charge in [-0.2, -0.15) is 4.31 Å². The van der Waals surface area contributed by atoms with Crippen LogP contribution in [-0.2, 0) is 16.6 Å². The Bertz CT molecular complexity index is 1230. The van der Waals surface area contributed by atoms with Crippen molar-refractivity contribution in [2.24, 2.45) is 11.8 Å². The van der Waals surface area contributed by atoms with Crippen molar-refractivity contribution < 1.29 is 13.2 Å². The smallest absolute Gasteiger partial charge is 0.243 e. The first-order valence-electron chi connectivity index (χ1n) is 10.5. The predicted octanol–water partition coefficient (Wildman–Crippen LogP) is 1.92. The van der Waals surface area contributed by atoms with Crippen LogP contribution in [0.1, 0.15) is 12.5 Å². The fraction of sp³-hybridized carbons (Fsp3) is 0.476. The summed E-state index contributed by atoms with van der Waals surface area (Å²) >= 11 is 0. The molecular formula is C21H26N6O3S. The van der Waals surface area contributed by atoms with Gasteiger partial charge in [0.2, 0.25) is 10.0 Å². The molecule has 4 heterocycles. The number of fused-ring (bicyclic) bond motifs is 2. The van der Waals surface area contributed by atoms with Gasteiger partial charge in [-0.15, -0.1) is 0 Å². The zero-order chi connectivity index (χ0) is 21.8. The fourth-order valence-electron chi connectivity index (χ4n) is 4.81. The van der Waals surface area contributed by atoms with E-state index in [1.54, 1.807) is 42.3 Å². The Morgan fingerprint density at radius 1 is 1.10 bits per heavy atom. The molecule has 0 aliphatic carbocycles. The number of benzene rings is 1. The van der Waals surface area contributed by atoms with Gasteiger partial charge < -0.3 is 14.2 Å². The van der Waals surface area contributed by atoms with Crippen LogP contribution in [0.25, 0.3) is 11.2 Å². The van der Waals surface area contributed by atoms with Crippen molar-refractivity contribution >= 4 is 27.0 Å². The summed E-state index contributed by atoms with van der Waals surface area (Å²) in [6, 6.07) is 5.04. The first-order chi connectivity index (χ1) is 14.9. The normalized spacial score (nSPS) is 21.7. The lowest BCUT2D eigenvalue weighted by atomic mass is 10.0. The third-order valence-electron chi connectivity index (χ3n) is 6.48. The molecule has 2 aromatic heterocycles. The highest BCUT2D eigenvalue weighted by Crippen LogP contribution is 2.37. The molecule has 10 heteroatoms. The van der Waals surface area contributed by atoms with Crippen molar-refractivity contribution in [3.63, 3.8) is 0 Å². The highest BCUT2D eigenvalue weighted by molar-refractivity contribution is 7.89. The van der Waals surface area contributed by atoms with Crippen molar-refractivity contribution in [2.45, 2.75) is 25.3 Å². The molecule has 2 atom stereocenters. The van der Waals surface area contributed by atoms with E-state index in [0.717, 1.165) is 42.2 Å². The second-order valence-corrected chi connectivity index (χ2v) is 10.2. The van der Waals surface area contributed by atoms with Gasteiger partial charge in [-0.1, -0.05) is 0 Å². The molecule has 0 bridgehead atoms. The van der Waals surface area contributed by atoms with Crippen molar-refractivity contribution in [2.75, 3.05) is 38.2 Å². The van der Waals surface area contributed by atoms with Crippen LogP contribution in [0.4, 0.5) is 5.82 Å². The molecular weight excluding hydrogens is 416 g/mol. The van der Waals surface area contributed by atoms with E-state index in [9.17, 15) is 8.42 Å². The summed E-state index contributed by atoms with van der Waals surface area (Å²) in [6.45, 7) is 7.29. The van der Waals surface area contributed by atoms with Gasteiger partial charge in [0.05, 0.1) is 18.3 Å². The molecule has 3 aromatic rings. The molecule has 2 unspecified atom stereocenters. The Labute approximate surface area is 181 Å². The van der Waals surface area contributed by atoms with Crippen molar-refractivity contribution in [1.82, 2.24) is 23.8 Å². The van der Waals surface area contributed by atoms with Crippen molar-refractivity contribution in [3.8, 4) is 5.75 Å². The third-order valence-corrected chi connectivity index (χ3v) is 8.31. The first-order valence-corrected chi connectivity index (χ1v) is 11.9. The monoisotopic (exact) mass is 442 g/mol. The number of anilines is 1. The minimum Gasteiger partial charge on any atom is -0.496 e. The molecule has 0 N–H and O–H groups in total. The van der Waals surface area contributed by atoms with E-state index in [0.29, 0.717) is 23.7 Å². The average molecular weight is 443 g/mol. The zero-order valence-electron chi connectivity index (χ0n) is 17.9. The minimum atomic E-state index is -3.53. The van der Waals surface area contributed by atoms with Gasteiger partial charge in [0.25, 0.3) is 0 Å². The molecule has 1 aromatic carbocycles. The van der Waals surface area contributed by atoms with Crippen LogP contribution >= 0.6 is 0 Å². The van der Waals surface area contributed by atoms with E-state index in [-0.39, 0.29) is 11.8 Å². The van der Waals surface area contributed by atoms with Crippen molar-refractivity contribution in [1.29, 1.82) is 0 Å². The van der Waals surface area contributed by atoms with E-state index in [4.69, 9.17) is 4.74 Å². The number of hydrogen-bond donors (Lipinski definition) is 0. The highest BCUT2D eigenvalue weighted by atomic mass is 32.2. The maximum atomic E-state index is 13.2. The van der Waals surface area contributed by atoms with Gasteiger partial charge in [0, 0.05) is 32.7 Å². The quantitative estimate of drug-likeness (QED) is 0.596. The lowest BCUT2D eigenvalue weighted by Crippen LogP contribution is -2.33. The fourth-order valence-corrected chi connectivity index (χ4v) is 6.45. The molecule has 0 spiro atoms. The van der Waals surface area contributed by atoms with Crippen LogP contribution in [0.5, 0.6) is 5.75 Å². The van der Waals surface area contributed by atoms with Gasteiger partial charge in [0.1, 0.15) is 12.1 Å². The summed E-state index contributed by atoms with van der Waals surface area (Å²) in [5, 5.41) is 0. The third kappa shape index (κ3) is 3.25. The number of imidazole rings is 1. The Balaban J connectivity index is 1.34. The van der Waals surface area contributed by atoms with Gasteiger partial charge in [-0.25, -0.2) is 23.4 Å². The summed E-state index contributed by atoms with van der Waals surface area (Å²) in [7, 11) is -1.94. The number of sulfonamides is 1. The maximum Gasteiger partial charge on any atom is 0.243 e. The second kappa shape index (κ2) is 7.45. The van der Waals surface area contributed by atoms with Gasteiger partial charge in [0.15, 0.2) is 17.0 Å². The molecule has 9 nitrogen and oxygen atoms in total. The number of methoxy groups -OCH3 is 1. The summed E-state index contributed by atoms with van der Waals surface area (Å²) in [5.41, 5.74) is 2.46. The minimum absolute atomic E-state index is 0.271. The Morgan fingerprint density at radius 3 is 2.48 bits per heavy atom. The lowest BCUT2D eigenvalue weighted by molar-refractivity contribution is 0.411. The van der Waals surface area contributed by atoms with E-state index in [2.05, 4.69) is 26.8 Å². The van der Waals surface area contributed by atoms with Gasteiger partial charge >= 0.3 is 0 Å². The standard InChI is InChI=1S/C21H26N6O3S/c1-4-25-13-24-19-20(25)22-12-23-21(19)26-8-15-10-27(11-16(15)9-26)31(28,29)17-5-6-18(30-3)14(2)7-17/h5-7,12-13,15-16H,4,8-11H2,1-3H3. The average Bonchev–Trinajstić information content (AvgIpc) is 3.46. The first kappa shape index (κ1) is 20.2. The molecule has 164 valence electrons. The maximum absolute atomic E-state index is 13.2. The molecule has 2 aliphatic rings. The summed E-state index contributed by atoms with van der Waals surface area (Å²) in [6.07, 6.45) is 3.38. The predicted molar refractivity (Wildman–Crippen MR) is 117 cm³/mol. The molecule has 5 rings (SSSR count). The summed E-state index contributed by atoms with van der Waals surface area (Å²) in [5.74, 6) is 2.07. The molecule has 2 aliphatic heterocycles. The van der Waals surface area contributed by atoms with Crippen LogP contribution in [0.2, 0.25) is 0 Å². The molecule has 2 fully saturated rings. The molecule has 31 heavy (non-hydrogen) atoms. The van der Waals surface area contributed by atoms with E-state index < -0.39 is 10.0 Å². The lowest BCUT2D eigenvalue weighted by Gasteiger charge is -2.22.